The number of aliphatic hydroxyl groups excluding tert-OH is 1. The zero-order valence-electron chi connectivity index (χ0n) is 11.1. The molecule has 1 aromatic carbocycles. The van der Waals surface area contributed by atoms with Crippen molar-refractivity contribution in [1.29, 1.82) is 0 Å². The fraction of sp³-hybridized carbons (Fsp3) is 0.357. The van der Waals surface area contributed by atoms with Gasteiger partial charge in [0.15, 0.2) is 0 Å². The lowest BCUT2D eigenvalue weighted by Crippen LogP contribution is -2.04. The Balaban J connectivity index is 2.40. The third-order valence-electron chi connectivity index (χ3n) is 3.34. The number of aromatic nitrogens is 2. The van der Waals surface area contributed by atoms with Crippen LogP contribution in [0.5, 0.6) is 5.75 Å². The van der Waals surface area contributed by atoms with Crippen LogP contribution in [-0.4, -0.2) is 22.0 Å². The van der Waals surface area contributed by atoms with E-state index in [-0.39, 0.29) is 0 Å². The molecule has 18 heavy (non-hydrogen) atoms. The highest BCUT2D eigenvalue weighted by Gasteiger charge is 2.17. The van der Waals surface area contributed by atoms with E-state index in [1.807, 2.05) is 39.1 Å². The minimum Gasteiger partial charge on any atom is -0.497 e. The summed E-state index contributed by atoms with van der Waals surface area (Å²) in [5, 5.41) is 14.6. The molecule has 0 aliphatic heterocycles. The molecule has 4 nitrogen and oxygen atoms in total. The molecule has 0 amide bonds. The molecule has 2 rings (SSSR count). The lowest BCUT2D eigenvalue weighted by molar-refractivity contribution is 0.218. The third kappa shape index (κ3) is 2.11. The van der Waals surface area contributed by atoms with Gasteiger partial charge in [0.2, 0.25) is 0 Å². The zero-order valence-corrected chi connectivity index (χ0v) is 11.1. The summed E-state index contributed by atoms with van der Waals surface area (Å²) in [7, 11) is 3.50. The van der Waals surface area contributed by atoms with E-state index in [1.165, 1.54) is 0 Å². The van der Waals surface area contributed by atoms with E-state index in [9.17, 15) is 5.11 Å². The van der Waals surface area contributed by atoms with Gasteiger partial charge in [0.25, 0.3) is 0 Å². The molecular weight excluding hydrogens is 228 g/mol. The molecule has 0 saturated carbocycles. The van der Waals surface area contributed by atoms with Crippen LogP contribution in [0.2, 0.25) is 0 Å². The van der Waals surface area contributed by atoms with Crippen molar-refractivity contribution in [3.8, 4) is 5.75 Å². The number of aryl methyl sites for hydroxylation is 2. The van der Waals surface area contributed by atoms with Crippen molar-refractivity contribution in [1.82, 2.24) is 9.78 Å². The van der Waals surface area contributed by atoms with E-state index in [0.717, 1.165) is 28.1 Å². The Kier molecular flexibility index (Phi) is 3.39. The van der Waals surface area contributed by atoms with Gasteiger partial charge in [-0.05, 0) is 37.1 Å². The van der Waals surface area contributed by atoms with E-state index in [1.54, 1.807) is 18.0 Å². The van der Waals surface area contributed by atoms with Crippen LogP contribution in [0.4, 0.5) is 0 Å². The average Bonchev–Trinajstić information content (AvgIpc) is 2.69. The summed E-state index contributed by atoms with van der Waals surface area (Å²) in [6.45, 7) is 3.91. The molecule has 2 aromatic rings. The van der Waals surface area contributed by atoms with Gasteiger partial charge in [0.1, 0.15) is 11.9 Å². The summed E-state index contributed by atoms with van der Waals surface area (Å²) in [6, 6.07) is 5.67. The highest BCUT2D eigenvalue weighted by Crippen LogP contribution is 2.28. The van der Waals surface area contributed by atoms with E-state index >= 15 is 0 Å². The van der Waals surface area contributed by atoms with Gasteiger partial charge in [-0.3, -0.25) is 4.68 Å². The molecule has 4 heteroatoms. The Hall–Kier alpha value is -1.81. The Bertz CT molecular complexity index is 561. The topological polar surface area (TPSA) is 47.3 Å². The van der Waals surface area contributed by atoms with Crippen molar-refractivity contribution in [3.63, 3.8) is 0 Å². The minimum absolute atomic E-state index is 0.649. The van der Waals surface area contributed by atoms with E-state index < -0.39 is 6.10 Å². The van der Waals surface area contributed by atoms with Gasteiger partial charge >= 0.3 is 0 Å². The van der Waals surface area contributed by atoms with Crippen molar-refractivity contribution in [3.05, 3.63) is 46.8 Å². The van der Waals surface area contributed by atoms with Gasteiger partial charge < -0.3 is 9.84 Å². The van der Waals surface area contributed by atoms with Gasteiger partial charge in [-0.1, -0.05) is 6.07 Å². The fourth-order valence-electron chi connectivity index (χ4n) is 2.03. The second-order valence-electron chi connectivity index (χ2n) is 4.43. The molecule has 1 unspecified atom stereocenters. The molecule has 1 aromatic heterocycles. The molecule has 0 aliphatic carbocycles. The van der Waals surface area contributed by atoms with Crippen LogP contribution < -0.4 is 4.74 Å². The first-order valence-electron chi connectivity index (χ1n) is 5.85. The molecule has 0 saturated heterocycles. The molecular formula is C14H18N2O2. The molecule has 1 N–H and O–H groups in total. The smallest absolute Gasteiger partial charge is 0.119 e. The van der Waals surface area contributed by atoms with Crippen LogP contribution in [0.3, 0.4) is 0 Å². The number of rotatable bonds is 3. The largest absolute Gasteiger partial charge is 0.497 e. The normalized spacial score (nSPS) is 12.5. The standard InChI is InChI=1S/C14H18N2O2/c1-9-7-11(18-4)5-6-12(9)14(17)13-8-15-16(3)10(13)2/h5-8,14,17H,1-4H3. The maximum Gasteiger partial charge on any atom is 0.119 e. The van der Waals surface area contributed by atoms with Gasteiger partial charge in [0.05, 0.1) is 13.3 Å². The van der Waals surface area contributed by atoms with E-state index in [0.29, 0.717) is 0 Å². The fourth-order valence-corrected chi connectivity index (χ4v) is 2.03. The summed E-state index contributed by atoms with van der Waals surface area (Å²) in [4.78, 5) is 0. The number of ether oxygens (including phenoxy) is 1. The first kappa shape index (κ1) is 12.6. The molecule has 0 fully saturated rings. The Morgan fingerprint density at radius 3 is 2.50 bits per heavy atom. The maximum atomic E-state index is 10.4. The second kappa shape index (κ2) is 4.82. The number of methoxy groups -OCH3 is 1. The van der Waals surface area contributed by atoms with Crippen molar-refractivity contribution in [2.24, 2.45) is 7.05 Å². The molecule has 1 atom stereocenters. The van der Waals surface area contributed by atoms with Crippen molar-refractivity contribution in [2.75, 3.05) is 7.11 Å². The number of hydrogen-bond acceptors (Lipinski definition) is 3. The zero-order chi connectivity index (χ0) is 13.3. The van der Waals surface area contributed by atoms with Crippen molar-refractivity contribution >= 4 is 0 Å². The number of aliphatic hydroxyl groups is 1. The van der Waals surface area contributed by atoms with Gasteiger partial charge in [-0.2, -0.15) is 5.10 Å². The maximum absolute atomic E-state index is 10.4. The highest BCUT2D eigenvalue weighted by atomic mass is 16.5. The summed E-state index contributed by atoms with van der Waals surface area (Å²) in [6.07, 6.45) is 1.06. The minimum atomic E-state index is -0.649. The Labute approximate surface area is 107 Å². The number of hydrogen-bond donors (Lipinski definition) is 1. The summed E-state index contributed by atoms with van der Waals surface area (Å²) in [5.41, 5.74) is 3.69. The first-order chi connectivity index (χ1) is 8.54. The molecule has 1 heterocycles. The average molecular weight is 246 g/mol. The Morgan fingerprint density at radius 1 is 1.28 bits per heavy atom. The Morgan fingerprint density at radius 2 is 2.00 bits per heavy atom. The van der Waals surface area contributed by atoms with Gasteiger partial charge in [-0.15, -0.1) is 0 Å². The molecule has 0 bridgehead atoms. The van der Waals surface area contributed by atoms with Crippen LogP contribution in [0.15, 0.2) is 24.4 Å². The molecule has 0 radical (unpaired) electrons. The van der Waals surface area contributed by atoms with Crippen LogP contribution in [0.25, 0.3) is 0 Å². The lowest BCUT2D eigenvalue weighted by atomic mass is 9.98. The predicted molar refractivity (Wildman–Crippen MR) is 69.7 cm³/mol. The summed E-state index contributed by atoms with van der Waals surface area (Å²) < 4.78 is 6.93. The van der Waals surface area contributed by atoms with E-state index in [2.05, 4.69) is 5.10 Å². The number of nitrogens with zero attached hydrogens (tertiary/aromatic N) is 2. The number of benzene rings is 1. The van der Waals surface area contributed by atoms with Crippen LogP contribution in [0.1, 0.15) is 28.5 Å². The van der Waals surface area contributed by atoms with Crippen molar-refractivity contribution in [2.45, 2.75) is 20.0 Å². The van der Waals surface area contributed by atoms with Crippen LogP contribution in [0, 0.1) is 13.8 Å². The van der Waals surface area contributed by atoms with Gasteiger partial charge in [-0.25, -0.2) is 0 Å². The summed E-state index contributed by atoms with van der Waals surface area (Å²) >= 11 is 0. The van der Waals surface area contributed by atoms with Crippen LogP contribution in [-0.2, 0) is 7.05 Å². The summed E-state index contributed by atoms with van der Waals surface area (Å²) in [5.74, 6) is 0.798. The molecule has 96 valence electrons. The van der Waals surface area contributed by atoms with E-state index in [4.69, 9.17) is 4.74 Å². The third-order valence-corrected chi connectivity index (χ3v) is 3.34. The SMILES string of the molecule is COc1ccc(C(O)c2cnn(C)c2C)c(C)c1. The predicted octanol–water partition coefficient (Wildman–Crippen LogP) is 2.13. The quantitative estimate of drug-likeness (QED) is 0.902. The lowest BCUT2D eigenvalue weighted by Gasteiger charge is -2.14. The molecule has 0 aliphatic rings. The monoisotopic (exact) mass is 246 g/mol. The highest BCUT2D eigenvalue weighted by molar-refractivity contribution is 5.40. The first-order valence-corrected chi connectivity index (χ1v) is 5.85. The molecule has 0 spiro atoms. The second-order valence-corrected chi connectivity index (χ2v) is 4.43. The van der Waals surface area contributed by atoms with Gasteiger partial charge in [0, 0.05) is 18.3 Å². The van der Waals surface area contributed by atoms with Crippen LogP contribution >= 0.6 is 0 Å². The van der Waals surface area contributed by atoms with Crippen molar-refractivity contribution < 1.29 is 9.84 Å².